The molecular weight excluding hydrogens is 352 g/mol. The van der Waals surface area contributed by atoms with Crippen molar-refractivity contribution in [1.29, 1.82) is 0 Å². The van der Waals surface area contributed by atoms with Crippen LogP contribution in [0.3, 0.4) is 0 Å². The Labute approximate surface area is 141 Å². The van der Waals surface area contributed by atoms with Gasteiger partial charge in [0.05, 0.1) is 6.61 Å². The van der Waals surface area contributed by atoms with Crippen molar-refractivity contribution in [3.63, 3.8) is 0 Å². The molecule has 2 unspecified atom stereocenters. The van der Waals surface area contributed by atoms with Crippen LogP contribution in [0.15, 0.2) is 18.2 Å². The number of carbonyl (C=O) groups excluding carboxylic acids is 1. The molecule has 0 aromatic heterocycles. The molecule has 1 aromatic rings. The van der Waals surface area contributed by atoms with Crippen LogP contribution >= 0.6 is 11.6 Å². The van der Waals surface area contributed by atoms with Gasteiger partial charge in [-0.3, -0.25) is 4.79 Å². The molecule has 0 aliphatic heterocycles. The number of halogens is 5. The lowest BCUT2D eigenvalue weighted by molar-refractivity contribution is -0.321. The number of hydrogen-bond donors (Lipinski definition) is 1. The van der Waals surface area contributed by atoms with Gasteiger partial charge in [-0.25, -0.2) is 4.39 Å². The molecule has 1 saturated carbocycles. The van der Waals surface area contributed by atoms with E-state index < -0.39 is 35.4 Å². The van der Waals surface area contributed by atoms with E-state index in [4.69, 9.17) is 16.3 Å². The van der Waals surface area contributed by atoms with E-state index in [0.29, 0.717) is 0 Å². The molecule has 0 saturated heterocycles. The molecule has 0 spiro atoms. The molecule has 0 bridgehead atoms. The van der Waals surface area contributed by atoms with Crippen LogP contribution in [0.1, 0.15) is 38.2 Å². The SMILES string of the molecule is CCOC(=O)CCC1(c2cc(F)ccc2Cl)CCC1(O)C(F)(F)F. The summed E-state index contributed by atoms with van der Waals surface area (Å²) < 4.78 is 58.7. The summed E-state index contributed by atoms with van der Waals surface area (Å²) in [5.74, 6) is -1.44. The van der Waals surface area contributed by atoms with Gasteiger partial charge in [0.15, 0.2) is 5.60 Å². The van der Waals surface area contributed by atoms with Crippen LogP contribution in [0.25, 0.3) is 0 Å². The maximum absolute atomic E-state index is 13.6. The lowest BCUT2D eigenvalue weighted by atomic mass is 9.51. The van der Waals surface area contributed by atoms with Gasteiger partial charge < -0.3 is 9.84 Å². The first kappa shape index (κ1) is 19.0. The molecule has 1 aliphatic rings. The fourth-order valence-corrected chi connectivity index (χ4v) is 3.61. The van der Waals surface area contributed by atoms with Crippen LogP contribution in [-0.4, -0.2) is 29.5 Å². The number of ether oxygens (including phenoxy) is 1. The number of rotatable bonds is 5. The van der Waals surface area contributed by atoms with Crippen molar-refractivity contribution >= 4 is 17.6 Å². The first-order chi connectivity index (χ1) is 11.1. The Hall–Kier alpha value is -1.34. The summed E-state index contributed by atoms with van der Waals surface area (Å²) in [5.41, 5.74) is -5.08. The highest BCUT2D eigenvalue weighted by Crippen LogP contribution is 2.62. The summed E-state index contributed by atoms with van der Waals surface area (Å²) in [6.07, 6.45) is -6.21. The lowest BCUT2D eigenvalue weighted by Crippen LogP contribution is -2.68. The highest BCUT2D eigenvalue weighted by atomic mass is 35.5. The summed E-state index contributed by atoms with van der Waals surface area (Å²) in [6.45, 7) is 1.67. The molecule has 0 amide bonds. The number of carbonyl (C=O) groups is 1. The van der Waals surface area contributed by atoms with E-state index in [9.17, 15) is 27.5 Å². The van der Waals surface area contributed by atoms with Crippen LogP contribution in [0.5, 0.6) is 0 Å². The van der Waals surface area contributed by atoms with Crippen molar-refractivity contribution in [3.05, 3.63) is 34.6 Å². The maximum Gasteiger partial charge on any atom is 0.418 e. The van der Waals surface area contributed by atoms with Gasteiger partial charge in [0.2, 0.25) is 0 Å². The predicted octanol–water partition coefficient (Wildman–Crippen LogP) is 4.15. The summed E-state index contributed by atoms with van der Waals surface area (Å²) >= 11 is 5.99. The second-order valence-electron chi connectivity index (χ2n) is 5.87. The molecule has 1 aromatic carbocycles. The normalized spacial score (nSPS) is 26.8. The number of aliphatic hydroxyl groups is 1. The van der Waals surface area contributed by atoms with Crippen molar-refractivity contribution in [1.82, 2.24) is 0 Å². The zero-order valence-corrected chi connectivity index (χ0v) is 13.7. The molecule has 1 fully saturated rings. The van der Waals surface area contributed by atoms with Gasteiger partial charge in [-0.05, 0) is 49.9 Å². The van der Waals surface area contributed by atoms with Crippen LogP contribution < -0.4 is 0 Å². The van der Waals surface area contributed by atoms with Crippen molar-refractivity contribution in [2.24, 2.45) is 0 Å². The van der Waals surface area contributed by atoms with E-state index in [0.717, 1.165) is 18.2 Å². The molecule has 1 aliphatic carbocycles. The van der Waals surface area contributed by atoms with Gasteiger partial charge in [-0.2, -0.15) is 13.2 Å². The van der Waals surface area contributed by atoms with Crippen LogP contribution in [0, 0.1) is 5.82 Å². The molecule has 134 valence electrons. The molecule has 0 heterocycles. The minimum absolute atomic E-state index is 0.0639. The van der Waals surface area contributed by atoms with E-state index in [1.54, 1.807) is 6.92 Å². The monoisotopic (exact) mass is 368 g/mol. The Bertz CT molecular complexity index is 634. The van der Waals surface area contributed by atoms with Gasteiger partial charge in [0.1, 0.15) is 5.82 Å². The fraction of sp³-hybridized carbons (Fsp3) is 0.562. The third kappa shape index (κ3) is 2.99. The second kappa shape index (κ2) is 6.52. The summed E-state index contributed by atoms with van der Waals surface area (Å²) in [4.78, 5) is 11.6. The van der Waals surface area contributed by atoms with Gasteiger partial charge in [-0.15, -0.1) is 0 Å². The average Bonchev–Trinajstić information content (AvgIpc) is 2.48. The zero-order chi connectivity index (χ0) is 18.2. The van der Waals surface area contributed by atoms with Crippen molar-refractivity contribution < 1.29 is 32.2 Å². The molecule has 1 N–H and O–H groups in total. The zero-order valence-electron chi connectivity index (χ0n) is 12.9. The maximum atomic E-state index is 13.6. The molecule has 3 nitrogen and oxygen atoms in total. The van der Waals surface area contributed by atoms with E-state index >= 15 is 0 Å². The average molecular weight is 369 g/mol. The number of hydrogen-bond acceptors (Lipinski definition) is 3. The van der Waals surface area contributed by atoms with Gasteiger partial charge in [0, 0.05) is 16.9 Å². The Morgan fingerprint density at radius 2 is 2.04 bits per heavy atom. The predicted molar refractivity (Wildman–Crippen MR) is 79.2 cm³/mol. The summed E-state index contributed by atoms with van der Waals surface area (Å²) in [6, 6.07) is 3.06. The highest BCUT2D eigenvalue weighted by Gasteiger charge is 2.72. The minimum Gasteiger partial charge on any atom is -0.466 e. The summed E-state index contributed by atoms with van der Waals surface area (Å²) in [7, 11) is 0. The molecule has 2 rings (SSSR count). The molecule has 0 radical (unpaired) electrons. The lowest BCUT2D eigenvalue weighted by Gasteiger charge is -2.57. The van der Waals surface area contributed by atoms with E-state index in [1.165, 1.54) is 0 Å². The third-order valence-electron chi connectivity index (χ3n) is 4.68. The van der Waals surface area contributed by atoms with Crippen molar-refractivity contribution in [2.45, 2.75) is 49.8 Å². The van der Waals surface area contributed by atoms with Crippen LogP contribution in [0.2, 0.25) is 5.02 Å². The first-order valence-corrected chi connectivity index (χ1v) is 7.85. The Kier molecular flexibility index (Phi) is 5.16. The molecular formula is C16H17ClF4O3. The fourth-order valence-electron chi connectivity index (χ4n) is 3.31. The first-order valence-electron chi connectivity index (χ1n) is 7.47. The summed E-state index contributed by atoms with van der Waals surface area (Å²) in [5, 5.41) is 10.2. The van der Waals surface area contributed by atoms with Crippen molar-refractivity contribution in [3.8, 4) is 0 Å². The molecule has 2 atom stereocenters. The van der Waals surface area contributed by atoms with Gasteiger partial charge in [0.25, 0.3) is 0 Å². The largest absolute Gasteiger partial charge is 0.466 e. The van der Waals surface area contributed by atoms with E-state index in [1.807, 2.05) is 0 Å². The quantitative estimate of drug-likeness (QED) is 0.627. The van der Waals surface area contributed by atoms with E-state index in [-0.39, 0.29) is 36.5 Å². The van der Waals surface area contributed by atoms with Gasteiger partial charge >= 0.3 is 12.1 Å². The second-order valence-corrected chi connectivity index (χ2v) is 6.28. The third-order valence-corrected chi connectivity index (χ3v) is 5.01. The number of benzene rings is 1. The van der Waals surface area contributed by atoms with Crippen LogP contribution in [0.4, 0.5) is 17.6 Å². The van der Waals surface area contributed by atoms with Gasteiger partial charge in [-0.1, -0.05) is 11.6 Å². The van der Waals surface area contributed by atoms with Crippen molar-refractivity contribution in [2.75, 3.05) is 6.61 Å². The number of alkyl halides is 3. The minimum atomic E-state index is -4.93. The smallest absolute Gasteiger partial charge is 0.418 e. The highest BCUT2D eigenvalue weighted by molar-refractivity contribution is 6.31. The molecule has 8 heteroatoms. The Morgan fingerprint density at radius 1 is 1.38 bits per heavy atom. The Morgan fingerprint density at radius 3 is 2.54 bits per heavy atom. The standard InChI is InChI=1S/C16H17ClF4O3/c1-2-24-13(22)5-6-14(7-8-15(14,23)16(19,20)21)11-9-10(18)3-4-12(11)17/h3-4,9,23H,2,5-8H2,1H3. The molecule has 24 heavy (non-hydrogen) atoms. The topological polar surface area (TPSA) is 46.5 Å². The van der Waals surface area contributed by atoms with Crippen LogP contribution in [-0.2, 0) is 14.9 Å². The van der Waals surface area contributed by atoms with E-state index in [2.05, 4.69) is 0 Å². The number of esters is 1. The Balaban J connectivity index is 2.47.